The summed E-state index contributed by atoms with van der Waals surface area (Å²) in [4.78, 5) is 16.9. The lowest BCUT2D eigenvalue weighted by atomic mass is 10.2. The van der Waals surface area contributed by atoms with Crippen molar-refractivity contribution in [3.63, 3.8) is 0 Å². The van der Waals surface area contributed by atoms with Crippen LogP contribution in [0.1, 0.15) is 10.5 Å². The Kier molecular flexibility index (Phi) is 3.08. The summed E-state index contributed by atoms with van der Waals surface area (Å²) in [6, 6.07) is 19.3. The Morgan fingerprint density at radius 1 is 1.00 bits per heavy atom. The second-order valence-corrected chi connectivity index (χ2v) is 5.54. The first-order valence-corrected chi connectivity index (χ1v) is 7.43. The highest BCUT2D eigenvalue weighted by molar-refractivity contribution is 6.04. The van der Waals surface area contributed by atoms with E-state index < -0.39 is 0 Å². The predicted octanol–water partition coefficient (Wildman–Crippen LogP) is 3.98. The smallest absolute Gasteiger partial charge is 0.274 e. The van der Waals surface area contributed by atoms with Gasteiger partial charge in [0.2, 0.25) is 0 Å². The second-order valence-electron chi connectivity index (χ2n) is 5.54. The predicted molar refractivity (Wildman–Crippen MR) is 92.6 cm³/mol. The fourth-order valence-corrected chi connectivity index (χ4v) is 2.73. The van der Waals surface area contributed by atoms with Crippen molar-refractivity contribution in [2.45, 2.75) is 0 Å². The van der Waals surface area contributed by atoms with Crippen molar-refractivity contribution in [1.82, 2.24) is 9.55 Å². The molecule has 0 spiro atoms. The zero-order valence-corrected chi connectivity index (χ0v) is 12.7. The van der Waals surface area contributed by atoms with E-state index in [1.807, 2.05) is 72.4 Å². The van der Waals surface area contributed by atoms with Crippen LogP contribution in [0.2, 0.25) is 0 Å². The summed E-state index contributed by atoms with van der Waals surface area (Å²) >= 11 is 0. The fraction of sp³-hybridized carbons (Fsp3) is 0.0526. The fourth-order valence-electron chi connectivity index (χ4n) is 2.73. The van der Waals surface area contributed by atoms with Crippen LogP contribution in [-0.2, 0) is 7.05 Å². The van der Waals surface area contributed by atoms with Gasteiger partial charge in [-0.15, -0.1) is 0 Å². The van der Waals surface area contributed by atoms with E-state index >= 15 is 0 Å². The average Bonchev–Trinajstić information content (AvgIpc) is 2.95. The minimum Gasteiger partial charge on any atom is -0.350 e. The third-order valence-corrected chi connectivity index (χ3v) is 3.98. The van der Waals surface area contributed by atoms with E-state index in [1.54, 1.807) is 6.07 Å². The number of para-hydroxylation sites is 1. The molecule has 2 heterocycles. The molecule has 2 aromatic carbocycles. The van der Waals surface area contributed by atoms with E-state index in [0.717, 1.165) is 27.5 Å². The Balaban J connectivity index is 1.65. The Labute approximate surface area is 133 Å². The normalized spacial score (nSPS) is 11.0. The van der Waals surface area contributed by atoms with E-state index in [2.05, 4.69) is 10.3 Å². The summed E-state index contributed by atoms with van der Waals surface area (Å²) in [5, 5.41) is 5.09. The molecular formula is C19H15N3O. The Hall–Kier alpha value is -3.14. The number of nitrogens with zero attached hydrogens (tertiary/aromatic N) is 2. The molecule has 4 aromatic rings. The molecule has 1 N–H and O–H groups in total. The van der Waals surface area contributed by atoms with Crippen molar-refractivity contribution >= 4 is 33.4 Å². The first-order chi connectivity index (χ1) is 11.2. The number of carbonyl (C=O) groups excluding carboxylic acids is 1. The zero-order valence-electron chi connectivity index (χ0n) is 12.7. The number of aryl methyl sites for hydroxylation is 1. The molecule has 0 unspecified atom stereocenters. The summed E-state index contributed by atoms with van der Waals surface area (Å²) in [6.07, 6.45) is 2.00. The maximum atomic E-state index is 12.4. The van der Waals surface area contributed by atoms with E-state index in [4.69, 9.17) is 0 Å². The van der Waals surface area contributed by atoms with Crippen LogP contribution in [0.15, 0.2) is 66.9 Å². The van der Waals surface area contributed by atoms with Crippen LogP contribution in [0, 0.1) is 0 Å². The van der Waals surface area contributed by atoms with Crippen LogP contribution in [-0.4, -0.2) is 15.5 Å². The van der Waals surface area contributed by atoms with Gasteiger partial charge < -0.3 is 9.88 Å². The summed E-state index contributed by atoms with van der Waals surface area (Å²) < 4.78 is 2.03. The number of benzene rings is 2. The summed E-state index contributed by atoms with van der Waals surface area (Å²) in [5.41, 5.74) is 3.07. The molecule has 0 saturated heterocycles. The number of pyridine rings is 1. The molecule has 2 aromatic heterocycles. The van der Waals surface area contributed by atoms with Gasteiger partial charge in [-0.1, -0.05) is 30.3 Å². The molecule has 112 valence electrons. The number of hydrogen-bond donors (Lipinski definition) is 1. The second kappa shape index (κ2) is 5.25. The van der Waals surface area contributed by atoms with Crippen molar-refractivity contribution in [3.8, 4) is 0 Å². The Morgan fingerprint density at radius 2 is 1.83 bits per heavy atom. The van der Waals surface area contributed by atoms with Crippen LogP contribution in [0.5, 0.6) is 0 Å². The van der Waals surface area contributed by atoms with Gasteiger partial charge in [0, 0.05) is 29.8 Å². The minimum absolute atomic E-state index is 0.204. The SMILES string of the molecule is Cn1ccc2ccc(NC(=O)c3ccc4ccccc4n3)cc21. The van der Waals surface area contributed by atoms with Crippen LogP contribution >= 0.6 is 0 Å². The monoisotopic (exact) mass is 301 g/mol. The maximum absolute atomic E-state index is 12.4. The van der Waals surface area contributed by atoms with Crippen LogP contribution in [0.4, 0.5) is 5.69 Å². The molecule has 0 atom stereocenters. The number of aromatic nitrogens is 2. The third-order valence-electron chi connectivity index (χ3n) is 3.98. The average molecular weight is 301 g/mol. The number of nitrogens with one attached hydrogen (secondary N) is 1. The molecular weight excluding hydrogens is 286 g/mol. The molecule has 23 heavy (non-hydrogen) atoms. The molecule has 4 heteroatoms. The molecule has 4 rings (SSSR count). The molecule has 4 nitrogen and oxygen atoms in total. The van der Waals surface area contributed by atoms with Gasteiger partial charge in [-0.3, -0.25) is 4.79 Å². The third kappa shape index (κ3) is 2.44. The number of hydrogen-bond acceptors (Lipinski definition) is 2. The van der Waals surface area contributed by atoms with Gasteiger partial charge in [0.25, 0.3) is 5.91 Å². The van der Waals surface area contributed by atoms with E-state index in [-0.39, 0.29) is 5.91 Å². The van der Waals surface area contributed by atoms with E-state index in [1.165, 1.54) is 0 Å². The van der Waals surface area contributed by atoms with Gasteiger partial charge >= 0.3 is 0 Å². The van der Waals surface area contributed by atoms with Gasteiger partial charge in [-0.25, -0.2) is 4.98 Å². The van der Waals surface area contributed by atoms with Gasteiger partial charge in [-0.05, 0) is 35.7 Å². The van der Waals surface area contributed by atoms with Crippen LogP contribution < -0.4 is 5.32 Å². The standard InChI is InChI=1S/C19H15N3O/c1-22-11-10-14-6-8-15(12-18(14)22)20-19(23)17-9-7-13-4-2-3-5-16(13)21-17/h2-12H,1H3,(H,20,23). The van der Waals surface area contributed by atoms with Crippen molar-refractivity contribution in [3.05, 3.63) is 72.6 Å². The largest absolute Gasteiger partial charge is 0.350 e. The van der Waals surface area contributed by atoms with Gasteiger partial charge in [0.1, 0.15) is 5.69 Å². The van der Waals surface area contributed by atoms with Gasteiger partial charge in [0.05, 0.1) is 5.52 Å². The molecule has 0 saturated carbocycles. The quantitative estimate of drug-likeness (QED) is 0.609. The Bertz CT molecular complexity index is 1030. The Morgan fingerprint density at radius 3 is 2.74 bits per heavy atom. The van der Waals surface area contributed by atoms with E-state index in [0.29, 0.717) is 5.69 Å². The summed E-state index contributed by atoms with van der Waals surface area (Å²) in [5.74, 6) is -0.204. The molecule has 0 radical (unpaired) electrons. The number of fused-ring (bicyclic) bond motifs is 2. The number of amides is 1. The lowest BCUT2D eigenvalue weighted by molar-refractivity contribution is 0.102. The molecule has 0 aliphatic rings. The summed E-state index contributed by atoms with van der Waals surface area (Å²) in [7, 11) is 1.98. The van der Waals surface area contributed by atoms with Gasteiger partial charge in [-0.2, -0.15) is 0 Å². The minimum atomic E-state index is -0.204. The molecule has 1 amide bonds. The van der Waals surface area contributed by atoms with Crippen LogP contribution in [0.25, 0.3) is 21.8 Å². The molecule has 0 aliphatic heterocycles. The van der Waals surface area contributed by atoms with Gasteiger partial charge in [0.15, 0.2) is 0 Å². The zero-order chi connectivity index (χ0) is 15.8. The number of anilines is 1. The molecule has 0 aliphatic carbocycles. The van der Waals surface area contributed by atoms with Crippen molar-refractivity contribution in [1.29, 1.82) is 0 Å². The van der Waals surface area contributed by atoms with E-state index in [9.17, 15) is 4.79 Å². The first kappa shape index (κ1) is 13.5. The maximum Gasteiger partial charge on any atom is 0.274 e. The highest BCUT2D eigenvalue weighted by atomic mass is 16.1. The molecule has 0 bridgehead atoms. The number of rotatable bonds is 2. The lowest BCUT2D eigenvalue weighted by Gasteiger charge is -2.07. The number of carbonyl (C=O) groups is 1. The van der Waals surface area contributed by atoms with Crippen LogP contribution in [0.3, 0.4) is 0 Å². The highest BCUT2D eigenvalue weighted by Crippen LogP contribution is 2.20. The highest BCUT2D eigenvalue weighted by Gasteiger charge is 2.09. The van der Waals surface area contributed by atoms with Crippen molar-refractivity contribution < 1.29 is 4.79 Å². The van der Waals surface area contributed by atoms with Crippen molar-refractivity contribution in [2.24, 2.45) is 7.05 Å². The lowest BCUT2D eigenvalue weighted by Crippen LogP contribution is -2.13. The molecule has 0 fully saturated rings. The van der Waals surface area contributed by atoms with Crippen molar-refractivity contribution in [2.75, 3.05) is 5.32 Å². The first-order valence-electron chi connectivity index (χ1n) is 7.43. The summed E-state index contributed by atoms with van der Waals surface area (Å²) in [6.45, 7) is 0. The topological polar surface area (TPSA) is 46.9 Å².